The van der Waals surface area contributed by atoms with Crippen molar-refractivity contribution in [2.45, 2.75) is 96.4 Å². The quantitative estimate of drug-likeness (QED) is 0.356. The Kier molecular flexibility index (Phi) is 4.85. The van der Waals surface area contributed by atoms with Crippen LogP contribution in [-0.4, -0.2) is 44.6 Å². The topological polar surface area (TPSA) is 104 Å². The zero-order valence-corrected chi connectivity index (χ0v) is 19.2. The summed E-state index contributed by atoms with van der Waals surface area (Å²) in [4.78, 5) is 25.0. The number of hydrogen-bond acceptors (Lipinski definition) is 5. The Balaban J connectivity index is 1.83. The molecule has 4 rings (SSSR count). The third-order valence-electron chi connectivity index (χ3n) is 9.97. The van der Waals surface area contributed by atoms with Crippen molar-refractivity contribution in [1.82, 2.24) is 0 Å². The van der Waals surface area contributed by atoms with Crippen LogP contribution in [0.1, 0.15) is 79.1 Å². The minimum absolute atomic E-state index is 0.185. The van der Waals surface area contributed by atoms with E-state index in [0.29, 0.717) is 49.7 Å². The summed E-state index contributed by atoms with van der Waals surface area (Å²) >= 11 is 0. The van der Waals surface area contributed by atoms with Crippen LogP contribution >= 0.6 is 0 Å². The van der Waals surface area contributed by atoms with Gasteiger partial charge in [-0.05, 0) is 77.2 Å². The van der Waals surface area contributed by atoms with Gasteiger partial charge >= 0.3 is 11.9 Å². The number of esters is 1. The molecule has 4 aliphatic carbocycles. The molecule has 0 aromatic heterocycles. The lowest BCUT2D eigenvalue weighted by molar-refractivity contribution is -0.285. The van der Waals surface area contributed by atoms with Gasteiger partial charge in [-0.1, -0.05) is 26.0 Å². The van der Waals surface area contributed by atoms with Crippen LogP contribution < -0.4 is 0 Å². The summed E-state index contributed by atoms with van der Waals surface area (Å²) in [5.41, 5.74) is -3.89. The lowest BCUT2D eigenvalue weighted by atomic mass is 9.38. The first kappa shape index (κ1) is 22.5. The first-order chi connectivity index (χ1) is 14.3. The van der Waals surface area contributed by atoms with E-state index in [9.17, 15) is 24.9 Å². The van der Waals surface area contributed by atoms with Gasteiger partial charge in [0.15, 0.2) is 0 Å². The standard InChI is InChI=1S/C25H36O6/c1-6-15(2)19(26)31-18-16(3)24(29)12-13-25(30)22(5)10-7-9-21(4,20(27)28)17(22)8-11-23(18,25)14-24/h6,17-18,29-30H,3,7-14H2,1-2,4-5H3,(H,27,28)/b15-6-/t17-,18+,21-,22-,23+,24+,25-/m1/s1. The SMILES string of the molecule is C=C1[C@H](OC(=O)/C(C)=C\C)[C@@]23CC[C@@H]4[C@](C)(C(=O)O)CCC[C@@]4(C)[C@]2(O)CC[C@]1(O)C3. The van der Waals surface area contributed by atoms with E-state index < -0.39 is 45.5 Å². The molecule has 0 aliphatic heterocycles. The van der Waals surface area contributed by atoms with Crippen molar-refractivity contribution < 1.29 is 29.6 Å². The number of carboxylic acids is 1. The molecule has 31 heavy (non-hydrogen) atoms. The molecule has 4 saturated carbocycles. The molecule has 6 heteroatoms. The summed E-state index contributed by atoms with van der Waals surface area (Å²) in [6.45, 7) is 11.4. The van der Waals surface area contributed by atoms with Gasteiger partial charge in [-0.2, -0.15) is 0 Å². The zero-order valence-electron chi connectivity index (χ0n) is 19.2. The Labute approximate surface area is 184 Å². The third kappa shape index (κ3) is 2.58. The fourth-order valence-electron chi connectivity index (χ4n) is 8.00. The molecule has 7 atom stereocenters. The van der Waals surface area contributed by atoms with Crippen LogP contribution in [0.3, 0.4) is 0 Å². The van der Waals surface area contributed by atoms with Gasteiger partial charge < -0.3 is 20.1 Å². The Bertz CT molecular complexity index is 877. The molecule has 0 amide bonds. The van der Waals surface area contributed by atoms with Gasteiger partial charge in [0, 0.05) is 16.4 Å². The van der Waals surface area contributed by atoms with Gasteiger partial charge in [0.25, 0.3) is 0 Å². The molecule has 3 N–H and O–H groups in total. The largest absolute Gasteiger partial charge is 0.481 e. The summed E-state index contributed by atoms with van der Waals surface area (Å²) < 4.78 is 5.96. The molecule has 6 nitrogen and oxygen atoms in total. The van der Waals surface area contributed by atoms with Crippen LogP contribution in [0.25, 0.3) is 0 Å². The molecule has 4 fully saturated rings. The molecule has 0 radical (unpaired) electrons. The maximum absolute atomic E-state index is 12.7. The van der Waals surface area contributed by atoms with Gasteiger partial charge in [-0.15, -0.1) is 0 Å². The summed E-state index contributed by atoms with van der Waals surface area (Å²) in [5.74, 6) is -1.46. The van der Waals surface area contributed by atoms with Crippen molar-refractivity contribution in [3.8, 4) is 0 Å². The van der Waals surface area contributed by atoms with Crippen molar-refractivity contribution in [1.29, 1.82) is 0 Å². The van der Waals surface area contributed by atoms with E-state index >= 15 is 0 Å². The summed E-state index contributed by atoms with van der Waals surface area (Å²) in [5, 5.41) is 34.0. The van der Waals surface area contributed by atoms with E-state index in [0.717, 1.165) is 12.8 Å². The predicted octanol–water partition coefficient (Wildman–Crippen LogP) is 3.76. The van der Waals surface area contributed by atoms with Crippen molar-refractivity contribution in [2.24, 2.45) is 22.2 Å². The number of carboxylic acid groups (broad SMARTS) is 1. The molecule has 0 saturated heterocycles. The number of rotatable bonds is 3. The minimum Gasteiger partial charge on any atom is -0.481 e. The second kappa shape index (κ2) is 6.67. The Morgan fingerprint density at radius 3 is 2.42 bits per heavy atom. The first-order valence-electron chi connectivity index (χ1n) is 11.5. The van der Waals surface area contributed by atoms with E-state index in [-0.39, 0.29) is 5.92 Å². The molecule has 4 aliphatic rings. The average Bonchev–Trinajstić information content (AvgIpc) is 2.88. The van der Waals surface area contributed by atoms with E-state index in [1.54, 1.807) is 19.9 Å². The van der Waals surface area contributed by atoms with Crippen LogP contribution in [0.15, 0.2) is 23.8 Å². The fraction of sp³-hybridized carbons (Fsp3) is 0.760. The van der Waals surface area contributed by atoms with Crippen molar-refractivity contribution in [3.05, 3.63) is 23.8 Å². The van der Waals surface area contributed by atoms with Crippen LogP contribution in [0.5, 0.6) is 0 Å². The van der Waals surface area contributed by atoms with Crippen molar-refractivity contribution in [2.75, 3.05) is 0 Å². The maximum atomic E-state index is 12.7. The highest BCUT2D eigenvalue weighted by Gasteiger charge is 2.78. The number of fused-ring (bicyclic) bond motifs is 3. The molecular weight excluding hydrogens is 396 g/mol. The lowest BCUT2D eigenvalue weighted by Crippen LogP contribution is -2.71. The monoisotopic (exact) mass is 432 g/mol. The maximum Gasteiger partial charge on any atom is 0.333 e. The molecule has 1 spiro atoms. The lowest BCUT2D eigenvalue weighted by Gasteiger charge is -2.68. The highest BCUT2D eigenvalue weighted by Crippen LogP contribution is 2.75. The number of allylic oxidation sites excluding steroid dienone is 1. The number of carbonyl (C=O) groups excluding carboxylic acids is 1. The van der Waals surface area contributed by atoms with Gasteiger partial charge in [-0.3, -0.25) is 4.79 Å². The zero-order chi connectivity index (χ0) is 23.0. The van der Waals surface area contributed by atoms with Gasteiger partial charge in [0.05, 0.1) is 16.6 Å². The number of aliphatic hydroxyl groups is 2. The smallest absolute Gasteiger partial charge is 0.333 e. The second-order valence-corrected chi connectivity index (χ2v) is 11.1. The number of ether oxygens (including phenoxy) is 1. The summed E-state index contributed by atoms with van der Waals surface area (Å²) in [6, 6.07) is 0. The number of hydrogen-bond donors (Lipinski definition) is 3. The van der Waals surface area contributed by atoms with E-state index in [1.807, 2.05) is 13.8 Å². The first-order valence-corrected chi connectivity index (χ1v) is 11.5. The highest BCUT2D eigenvalue weighted by molar-refractivity contribution is 5.88. The van der Waals surface area contributed by atoms with Gasteiger partial charge in [0.1, 0.15) is 6.10 Å². The number of carbonyl (C=O) groups is 2. The van der Waals surface area contributed by atoms with Crippen molar-refractivity contribution >= 4 is 11.9 Å². The van der Waals surface area contributed by atoms with E-state index in [2.05, 4.69) is 6.58 Å². The van der Waals surface area contributed by atoms with Gasteiger partial charge in [-0.25, -0.2) is 4.79 Å². The summed E-state index contributed by atoms with van der Waals surface area (Å²) in [7, 11) is 0. The molecule has 0 aromatic carbocycles. The fourth-order valence-corrected chi connectivity index (χ4v) is 8.00. The minimum atomic E-state index is -1.25. The van der Waals surface area contributed by atoms with Crippen LogP contribution in [-0.2, 0) is 14.3 Å². The molecule has 2 bridgehead atoms. The third-order valence-corrected chi connectivity index (χ3v) is 9.97. The molecule has 0 unspecified atom stereocenters. The van der Waals surface area contributed by atoms with E-state index in [1.165, 1.54) is 0 Å². The van der Waals surface area contributed by atoms with Gasteiger partial charge in [0.2, 0.25) is 0 Å². The van der Waals surface area contributed by atoms with Crippen molar-refractivity contribution in [3.63, 3.8) is 0 Å². The predicted molar refractivity (Wildman–Crippen MR) is 115 cm³/mol. The van der Waals surface area contributed by atoms with Crippen LogP contribution in [0.2, 0.25) is 0 Å². The van der Waals surface area contributed by atoms with Crippen LogP contribution in [0, 0.1) is 22.2 Å². The average molecular weight is 433 g/mol. The van der Waals surface area contributed by atoms with Crippen LogP contribution in [0.4, 0.5) is 0 Å². The van der Waals surface area contributed by atoms with E-state index in [4.69, 9.17) is 4.74 Å². The molecule has 172 valence electrons. The molecule has 0 aromatic rings. The molecule has 0 heterocycles. The normalized spacial score (nSPS) is 49.2. The number of aliphatic carboxylic acids is 1. The highest BCUT2D eigenvalue weighted by atomic mass is 16.5. The Hall–Kier alpha value is -1.66. The second-order valence-electron chi connectivity index (χ2n) is 11.1. The Morgan fingerprint density at radius 1 is 1.13 bits per heavy atom. The molecular formula is C25H36O6. The Morgan fingerprint density at radius 2 is 1.81 bits per heavy atom. The summed E-state index contributed by atoms with van der Waals surface area (Å²) in [6.07, 6.45) is 5.04.